The maximum atomic E-state index is 12.5. The monoisotopic (exact) mass is 929 g/mol. The Kier molecular flexibility index (Phi) is 22.1. The molecule has 59 heavy (non-hydrogen) atoms. The Morgan fingerprint density at radius 1 is 0.746 bits per heavy atom. The highest BCUT2D eigenvalue weighted by molar-refractivity contribution is 7.50. The topological polar surface area (TPSA) is 304 Å². The third kappa shape index (κ3) is 19.2. The van der Waals surface area contributed by atoms with Crippen LogP contribution in [-0.2, 0) is 86.6 Å². The van der Waals surface area contributed by atoms with Gasteiger partial charge in [0, 0.05) is 53.6 Å². The van der Waals surface area contributed by atoms with Crippen LogP contribution in [0.4, 0.5) is 0 Å². The number of nitrogens with zero attached hydrogens (tertiary/aromatic N) is 3. The summed E-state index contributed by atoms with van der Waals surface area (Å²) in [6, 6.07) is 0. The predicted molar refractivity (Wildman–Crippen MR) is 202 cm³/mol. The average molecular weight is 930 g/mol. The van der Waals surface area contributed by atoms with Gasteiger partial charge in [-0.05, 0) is 46.0 Å². The van der Waals surface area contributed by atoms with E-state index in [4.69, 9.17) is 46.1 Å². The van der Waals surface area contributed by atoms with Gasteiger partial charge in [-0.25, -0.2) is 9.13 Å². The van der Waals surface area contributed by atoms with Crippen molar-refractivity contribution in [3.05, 3.63) is 11.9 Å². The summed E-state index contributed by atoms with van der Waals surface area (Å²) in [5.41, 5.74) is 0.679. The lowest BCUT2D eigenvalue weighted by atomic mass is 10.1. The highest BCUT2D eigenvalue weighted by Gasteiger charge is 2.48. The first-order chi connectivity index (χ1) is 27.7. The molecule has 3 heterocycles. The lowest BCUT2D eigenvalue weighted by Gasteiger charge is -2.31. The van der Waals surface area contributed by atoms with Gasteiger partial charge < -0.3 is 56.7 Å². The van der Waals surface area contributed by atoms with Crippen LogP contribution in [0.25, 0.3) is 0 Å². The number of carbonyl (C=O) groups excluding carboxylic acids is 1. The van der Waals surface area contributed by atoms with Crippen LogP contribution in [0, 0.1) is 0 Å². The number of rotatable bonds is 31. The van der Waals surface area contributed by atoms with Gasteiger partial charge >= 0.3 is 15.6 Å². The number of Topliss-reactive ketones (excluding diaryl/α,β-unsaturated/α-hetero) is 1. The normalized spacial score (nSPS) is 28.8. The van der Waals surface area contributed by atoms with E-state index in [2.05, 4.69) is 14.8 Å². The molecule has 344 valence electrons. The second-order valence-corrected chi connectivity index (χ2v) is 20.3. The molecule has 6 unspecified atom stereocenters. The quantitative estimate of drug-likeness (QED) is 0.0799. The number of phosphoric acid groups is 3. The number of ether oxygens (including phenoxy) is 4. The fourth-order valence-electron chi connectivity index (χ4n) is 6.43. The van der Waals surface area contributed by atoms with Crippen molar-refractivity contribution in [3.63, 3.8) is 0 Å². The molecular formula is C32H59N3O20P4-2. The number of hydrogen-bond donors (Lipinski definition) is 2. The summed E-state index contributed by atoms with van der Waals surface area (Å²) in [5.74, 6) is 0.0712. The molecule has 1 aromatic heterocycles. The van der Waals surface area contributed by atoms with E-state index >= 15 is 0 Å². The lowest BCUT2D eigenvalue weighted by molar-refractivity contribution is -0.234. The van der Waals surface area contributed by atoms with Crippen LogP contribution >= 0.6 is 31.1 Å². The second-order valence-electron chi connectivity index (χ2n) is 14.1. The molecule has 23 nitrogen and oxygen atoms in total. The largest absolute Gasteiger partial charge is 0.779 e. The first-order valence-electron chi connectivity index (χ1n) is 19.2. The molecule has 0 spiro atoms. The Labute approximate surface area is 344 Å². The van der Waals surface area contributed by atoms with Crippen LogP contribution < -0.4 is 9.79 Å². The molecule has 1 aromatic rings. The minimum absolute atomic E-state index is 0.0712. The summed E-state index contributed by atoms with van der Waals surface area (Å²) in [6.45, 7) is 3.42. The van der Waals surface area contributed by atoms with E-state index in [0.29, 0.717) is 57.2 Å². The minimum Gasteiger partial charge on any atom is -0.779 e. The highest BCUT2D eigenvalue weighted by Crippen LogP contribution is 2.49. The zero-order valence-corrected chi connectivity index (χ0v) is 37.8. The number of aryl methyl sites for hydroxylation is 2. The van der Waals surface area contributed by atoms with Gasteiger partial charge in [0.2, 0.25) is 0 Å². The number of phosphoric ester groups is 3. The Balaban J connectivity index is 1.23. The molecular weight excluding hydrogens is 870 g/mol. The van der Waals surface area contributed by atoms with Gasteiger partial charge in [0.25, 0.3) is 7.82 Å². The van der Waals surface area contributed by atoms with Crippen molar-refractivity contribution < 1.29 is 93.2 Å². The summed E-state index contributed by atoms with van der Waals surface area (Å²) in [6.07, 6.45) is 0.196. The van der Waals surface area contributed by atoms with Crippen LogP contribution in [0.1, 0.15) is 77.3 Å². The van der Waals surface area contributed by atoms with Crippen molar-refractivity contribution in [1.29, 1.82) is 0 Å². The van der Waals surface area contributed by atoms with Crippen molar-refractivity contribution >= 4 is 36.8 Å². The zero-order valence-electron chi connectivity index (χ0n) is 34.2. The van der Waals surface area contributed by atoms with Crippen molar-refractivity contribution in [2.45, 2.75) is 133 Å². The molecule has 0 radical (unpaired) electrons. The summed E-state index contributed by atoms with van der Waals surface area (Å²) >= 11 is 0. The molecule has 2 aliphatic heterocycles. The van der Waals surface area contributed by atoms with E-state index in [1.165, 1.54) is 14.2 Å². The van der Waals surface area contributed by atoms with Crippen LogP contribution in [-0.4, -0.2) is 134 Å². The van der Waals surface area contributed by atoms with Crippen LogP contribution in [0.3, 0.4) is 0 Å². The van der Waals surface area contributed by atoms with Crippen LogP contribution in [0.5, 0.6) is 0 Å². The van der Waals surface area contributed by atoms with Crippen LogP contribution in [0.15, 0.2) is 6.20 Å². The van der Waals surface area contributed by atoms with Gasteiger partial charge in [-0.1, -0.05) is 24.5 Å². The molecule has 0 aromatic carbocycles. The third-order valence-electron chi connectivity index (χ3n) is 9.38. The Bertz CT molecular complexity index is 1620. The smallest absolute Gasteiger partial charge is 0.472 e. The van der Waals surface area contributed by atoms with E-state index < -0.39 is 93.1 Å². The summed E-state index contributed by atoms with van der Waals surface area (Å²) in [5, 5.41) is 8.17. The van der Waals surface area contributed by atoms with E-state index in [-0.39, 0.29) is 25.4 Å². The highest BCUT2D eigenvalue weighted by atomic mass is 31.2. The van der Waals surface area contributed by atoms with Crippen molar-refractivity contribution in [1.82, 2.24) is 15.0 Å². The van der Waals surface area contributed by atoms with Gasteiger partial charge in [0.1, 0.15) is 50.0 Å². The van der Waals surface area contributed by atoms with Gasteiger partial charge in [0.05, 0.1) is 44.3 Å². The molecule has 2 saturated heterocycles. The molecule has 27 heteroatoms. The van der Waals surface area contributed by atoms with Gasteiger partial charge in [-0.2, -0.15) is 0 Å². The molecule has 0 bridgehead atoms. The van der Waals surface area contributed by atoms with Crippen LogP contribution in [0.2, 0.25) is 0 Å². The molecule has 12 atom stereocenters. The van der Waals surface area contributed by atoms with Gasteiger partial charge in [0.15, 0.2) is 0 Å². The van der Waals surface area contributed by atoms with Gasteiger partial charge in [-0.3, -0.25) is 32.1 Å². The van der Waals surface area contributed by atoms with E-state index in [1.807, 2.05) is 0 Å². The summed E-state index contributed by atoms with van der Waals surface area (Å²) in [4.78, 5) is 56.2. The third-order valence-corrected chi connectivity index (χ3v) is 13.0. The van der Waals surface area contributed by atoms with E-state index in [0.717, 1.165) is 26.6 Å². The van der Waals surface area contributed by atoms with Crippen molar-refractivity contribution in [2.24, 2.45) is 0 Å². The first-order valence-corrected chi connectivity index (χ1v) is 25.6. The molecule has 3 rings (SSSR count). The summed E-state index contributed by atoms with van der Waals surface area (Å²) in [7, 11) is -14.0. The SMILES string of the molecule is CO[C@H]1C(OP(=O)([O-])OCCCCCCCC(=O)CCn2cc(CCCCOP(=O)(O)OC[C@H]3O[C@@H](C)[C@@H](OC)C3OP(=O)(O)OC)nn2)[C@@H](COP(C)(=O)[O-])O[C@H]1C. The number of methoxy groups -OCH3 is 2. The lowest BCUT2D eigenvalue weighted by Crippen LogP contribution is -2.38. The number of hydrogen-bond acceptors (Lipinski definition) is 20. The number of ketones is 1. The average Bonchev–Trinajstić information content (AvgIpc) is 3.82. The molecule has 0 amide bonds. The number of carbonyl (C=O) groups is 1. The Hall–Kier alpha value is -0.870. The first kappa shape index (κ1) is 52.5. The Morgan fingerprint density at radius 2 is 1.31 bits per heavy atom. The standard InChI is InChI=1S/C32H61N3O20P4/c1-23-29(45-3)31(54-57(39,40)47-5)28(53-23)22-51-58(41,42)48-19-13-11-14-25-20-35(34-33-25)17-16-26(36)15-10-8-7-9-12-18-49-59(43,44)55-32-27(21-50-56(6,37)38)52-24(2)30(32)46-4/h20,23-24,27-32H,7-19,21-22H2,1-6H3,(H,37,38)(H,39,40)(H,41,42)(H,43,44)/p-2/t23-,24-,27+,28+,29+,30+,31?,32?/m0/s1. The van der Waals surface area contributed by atoms with E-state index in [9.17, 15) is 42.6 Å². The maximum Gasteiger partial charge on any atom is 0.472 e. The predicted octanol–water partition coefficient (Wildman–Crippen LogP) is 2.84. The maximum absolute atomic E-state index is 12.5. The van der Waals surface area contributed by atoms with Gasteiger partial charge in [-0.15, -0.1) is 5.10 Å². The molecule has 2 fully saturated rings. The van der Waals surface area contributed by atoms with E-state index in [1.54, 1.807) is 24.7 Å². The number of unbranched alkanes of at least 4 members (excludes halogenated alkanes) is 5. The number of aromatic nitrogens is 3. The molecule has 2 N–H and O–H groups in total. The molecule has 0 saturated carbocycles. The summed E-state index contributed by atoms with van der Waals surface area (Å²) < 4.78 is 106. The molecule has 0 aliphatic carbocycles. The van der Waals surface area contributed by atoms with Crippen molar-refractivity contribution in [3.8, 4) is 0 Å². The second kappa shape index (κ2) is 24.8. The fourth-order valence-corrected chi connectivity index (χ4v) is 9.23. The zero-order chi connectivity index (χ0) is 43.9. The fraction of sp³-hybridized carbons (Fsp3) is 0.906. The Morgan fingerprint density at radius 3 is 1.92 bits per heavy atom. The van der Waals surface area contributed by atoms with Crippen molar-refractivity contribution in [2.75, 3.05) is 54.4 Å². The molecule has 2 aliphatic rings. The minimum atomic E-state index is -4.78.